The molecule has 10 nitrogen and oxygen atoms in total. The molecule has 0 saturated carbocycles. The number of piperazine rings is 1. The Balaban J connectivity index is 1.68. The number of ether oxygens (including phenoxy) is 1. The number of likely N-dealkylation sites (N-methyl/N-ethyl adjacent to an activating group) is 1. The van der Waals surface area contributed by atoms with E-state index in [2.05, 4.69) is 31.9 Å². The van der Waals surface area contributed by atoms with Gasteiger partial charge in [0.25, 0.3) is 11.5 Å². The van der Waals surface area contributed by atoms with Crippen LogP contribution in [-0.4, -0.2) is 55.3 Å². The Hall–Kier alpha value is -3.81. The number of carbonyl (C=O) groups excluding carboxylic acids is 1. The molecular weight excluding hydrogens is 458 g/mol. The van der Waals surface area contributed by atoms with Crippen molar-refractivity contribution in [2.45, 2.75) is 0 Å². The largest absolute Gasteiger partial charge is 0.478 e. The van der Waals surface area contributed by atoms with Crippen LogP contribution in [0.3, 0.4) is 0 Å². The Bertz CT molecular complexity index is 1340. The average molecular weight is 482 g/mol. The number of aryl methyl sites for hydroxylation is 1. The fourth-order valence-corrected chi connectivity index (χ4v) is 3.95. The zero-order valence-electron chi connectivity index (χ0n) is 18.8. The molecule has 1 saturated heterocycles. The summed E-state index contributed by atoms with van der Waals surface area (Å²) in [6, 6.07) is 10.8. The number of amides is 1. The Morgan fingerprint density at radius 2 is 2.06 bits per heavy atom. The van der Waals surface area contributed by atoms with Crippen molar-refractivity contribution in [1.29, 1.82) is 5.26 Å². The van der Waals surface area contributed by atoms with Gasteiger partial charge < -0.3 is 30.2 Å². The van der Waals surface area contributed by atoms with Gasteiger partial charge in [-0.3, -0.25) is 9.59 Å². The van der Waals surface area contributed by atoms with Gasteiger partial charge in [-0.15, -0.1) is 0 Å². The van der Waals surface area contributed by atoms with Crippen molar-refractivity contribution >= 4 is 45.7 Å². The Labute approximate surface area is 201 Å². The Morgan fingerprint density at radius 3 is 2.76 bits per heavy atom. The molecule has 1 aliphatic heterocycles. The summed E-state index contributed by atoms with van der Waals surface area (Å²) in [5, 5.41) is 19.6. The summed E-state index contributed by atoms with van der Waals surface area (Å²) in [6.45, 7) is 2.85. The number of anilines is 3. The van der Waals surface area contributed by atoms with Gasteiger partial charge in [-0.2, -0.15) is 5.26 Å². The highest BCUT2D eigenvalue weighted by atomic mass is 35.5. The van der Waals surface area contributed by atoms with E-state index in [0.29, 0.717) is 33.4 Å². The lowest BCUT2D eigenvalue weighted by Gasteiger charge is -2.29. The number of pyridine rings is 2. The molecule has 4 rings (SSSR count). The number of nitrogens with zero attached hydrogens (tertiary/aromatic N) is 4. The number of halogens is 1. The number of hydrogen-bond donors (Lipinski definition) is 3. The predicted octanol–water partition coefficient (Wildman–Crippen LogP) is 1.74. The van der Waals surface area contributed by atoms with Gasteiger partial charge in [-0.1, -0.05) is 11.6 Å². The third-order valence-corrected chi connectivity index (χ3v) is 5.87. The van der Waals surface area contributed by atoms with Crippen LogP contribution >= 0.6 is 11.6 Å². The molecule has 1 aliphatic rings. The molecule has 0 radical (unpaired) electrons. The molecule has 176 valence electrons. The van der Waals surface area contributed by atoms with E-state index in [9.17, 15) is 14.9 Å². The quantitative estimate of drug-likeness (QED) is 0.486. The third kappa shape index (κ3) is 4.76. The molecule has 34 heavy (non-hydrogen) atoms. The minimum absolute atomic E-state index is 0.0753. The lowest BCUT2D eigenvalue weighted by atomic mass is 10.1. The van der Waals surface area contributed by atoms with Crippen LogP contribution < -0.4 is 31.1 Å². The van der Waals surface area contributed by atoms with Crippen LogP contribution in [0.5, 0.6) is 5.75 Å². The van der Waals surface area contributed by atoms with Crippen molar-refractivity contribution in [3.63, 3.8) is 0 Å². The Morgan fingerprint density at radius 1 is 1.29 bits per heavy atom. The van der Waals surface area contributed by atoms with E-state index in [1.807, 2.05) is 12.1 Å². The topological polar surface area (TPSA) is 124 Å². The van der Waals surface area contributed by atoms with Gasteiger partial charge in [-0.25, -0.2) is 4.98 Å². The molecule has 0 atom stereocenters. The van der Waals surface area contributed by atoms with Crippen LogP contribution in [0.2, 0.25) is 5.02 Å². The second-order valence-corrected chi connectivity index (χ2v) is 8.18. The standard InChI is InChI=1S/C23H24ClN7O3/c1-26-20(32)13-34-19-11-14-9-16(3-4-18(14)30(2)23(19)33)28-21-17(24)10-15(12-25)22(29-21)31-7-5-27-6-8-31/h3-4,9-11,27H,5-8,13H2,1-2H3,(H,26,32)(H,28,29). The molecular formula is C23H24ClN7O3. The van der Waals surface area contributed by atoms with E-state index in [-0.39, 0.29) is 23.8 Å². The molecule has 11 heteroatoms. The molecule has 3 N–H and O–H groups in total. The average Bonchev–Trinajstić information content (AvgIpc) is 2.86. The van der Waals surface area contributed by atoms with Crippen LogP contribution in [0.15, 0.2) is 35.1 Å². The Kier molecular flexibility index (Phi) is 6.86. The van der Waals surface area contributed by atoms with Crippen LogP contribution in [-0.2, 0) is 11.8 Å². The second kappa shape index (κ2) is 9.99. The maximum atomic E-state index is 12.6. The SMILES string of the molecule is CNC(=O)COc1cc2cc(Nc3nc(N4CCNCC4)c(C#N)cc3Cl)ccc2n(C)c1=O. The molecule has 3 heterocycles. The number of carbonyl (C=O) groups is 1. The molecule has 0 unspecified atom stereocenters. The van der Waals surface area contributed by atoms with Crippen molar-refractivity contribution < 1.29 is 9.53 Å². The first-order chi connectivity index (χ1) is 16.4. The fraction of sp³-hybridized carbons (Fsp3) is 0.304. The lowest BCUT2D eigenvalue weighted by Crippen LogP contribution is -2.44. The molecule has 1 amide bonds. The van der Waals surface area contributed by atoms with Crippen molar-refractivity contribution in [3.05, 3.63) is 51.3 Å². The van der Waals surface area contributed by atoms with E-state index >= 15 is 0 Å². The van der Waals surface area contributed by atoms with E-state index in [0.717, 1.165) is 31.6 Å². The summed E-state index contributed by atoms with van der Waals surface area (Å²) in [5.74, 6) is 0.754. The van der Waals surface area contributed by atoms with Crippen LogP contribution in [0.1, 0.15) is 5.56 Å². The summed E-state index contributed by atoms with van der Waals surface area (Å²) in [4.78, 5) is 30.8. The predicted molar refractivity (Wildman–Crippen MR) is 131 cm³/mol. The molecule has 3 aromatic rings. The lowest BCUT2D eigenvalue weighted by molar-refractivity contribution is -0.122. The second-order valence-electron chi connectivity index (χ2n) is 7.77. The van der Waals surface area contributed by atoms with Gasteiger partial charge in [0.15, 0.2) is 18.2 Å². The summed E-state index contributed by atoms with van der Waals surface area (Å²) in [6.07, 6.45) is 0. The van der Waals surface area contributed by atoms with Crippen LogP contribution in [0.25, 0.3) is 10.9 Å². The zero-order valence-corrected chi connectivity index (χ0v) is 19.6. The molecule has 2 aromatic heterocycles. The minimum atomic E-state index is -0.338. The number of nitrogens with one attached hydrogen (secondary N) is 3. The smallest absolute Gasteiger partial charge is 0.293 e. The zero-order chi connectivity index (χ0) is 24.2. The van der Waals surface area contributed by atoms with E-state index in [1.54, 1.807) is 25.2 Å². The van der Waals surface area contributed by atoms with Crippen molar-refractivity contribution in [2.75, 3.05) is 50.1 Å². The number of benzene rings is 1. The van der Waals surface area contributed by atoms with Crippen molar-refractivity contribution in [2.24, 2.45) is 7.05 Å². The summed E-state index contributed by atoms with van der Waals surface area (Å²) >= 11 is 6.43. The van der Waals surface area contributed by atoms with Crippen molar-refractivity contribution in [1.82, 2.24) is 20.2 Å². The van der Waals surface area contributed by atoms with Gasteiger partial charge in [0.1, 0.15) is 11.9 Å². The van der Waals surface area contributed by atoms with E-state index in [4.69, 9.17) is 16.3 Å². The highest BCUT2D eigenvalue weighted by Gasteiger charge is 2.19. The first-order valence-corrected chi connectivity index (χ1v) is 11.1. The number of rotatable bonds is 6. The maximum Gasteiger partial charge on any atom is 0.293 e. The van der Waals surface area contributed by atoms with E-state index < -0.39 is 0 Å². The summed E-state index contributed by atoms with van der Waals surface area (Å²) < 4.78 is 6.89. The maximum absolute atomic E-state index is 12.6. The summed E-state index contributed by atoms with van der Waals surface area (Å²) in [7, 11) is 3.14. The number of aromatic nitrogens is 2. The van der Waals surface area contributed by atoms with Gasteiger partial charge in [0.2, 0.25) is 0 Å². The highest BCUT2D eigenvalue weighted by Crippen LogP contribution is 2.31. The third-order valence-electron chi connectivity index (χ3n) is 5.58. The number of nitriles is 1. The molecule has 1 aromatic carbocycles. The van der Waals surface area contributed by atoms with Gasteiger partial charge in [-0.05, 0) is 30.3 Å². The number of hydrogen-bond acceptors (Lipinski definition) is 8. The van der Waals surface area contributed by atoms with Gasteiger partial charge in [0.05, 0.1) is 16.1 Å². The molecule has 1 fully saturated rings. The van der Waals surface area contributed by atoms with Gasteiger partial charge in [0, 0.05) is 51.3 Å². The minimum Gasteiger partial charge on any atom is -0.478 e. The highest BCUT2D eigenvalue weighted by molar-refractivity contribution is 6.33. The molecule has 0 spiro atoms. The molecule has 0 aliphatic carbocycles. The van der Waals surface area contributed by atoms with E-state index in [1.165, 1.54) is 11.6 Å². The summed E-state index contributed by atoms with van der Waals surface area (Å²) in [5.41, 5.74) is 1.47. The first-order valence-electron chi connectivity index (χ1n) is 10.7. The monoisotopic (exact) mass is 481 g/mol. The first kappa shape index (κ1) is 23.4. The number of fused-ring (bicyclic) bond motifs is 1. The van der Waals surface area contributed by atoms with Gasteiger partial charge >= 0.3 is 0 Å². The van der Waals surface area contributed by atoms with Crippen LogP contribution in [0, 0.1) is 11.3 Å². The molecule has 0 bridgehead atoms. The van der Waals surface area contributed by atoms with Crippen LogP contribution in [0.4, 0.5) is 17.3 Å². The normalized spacial score (nSPS) is 13.4. The van der Waals surface area contributed by atoms with Crippen molar-refractivity contribution in [3.8, 4) is 11.8 Å². The fourth-order valence-electron chi connectivity index (χ4n) is 3.75.